The minimum absolute atomic E-state index is 0.0731. The van der Waals surface area contributed by atoms with Crippen molar-refractivity contribution in [1.82, 2.24) is 14.8 Å². The number of carbonyl (C=O) groups is 1. The SMILES string of the molecule is CN1CCC(N2CCN(c3ccc4c(c3)C(C)(C)c3[nH]c5cc(C#N)ccc5c3C4=O)CC2)CC1. The number of hydrogen-bond donors (Lipinski definition) is 1. The van der Waals surface area contributed by atoms with Gasteiger partial charge in [0.25, 0.3) is 0 Å². The summed E-state index contributed by atoms with van der Waals surface area (Å²) in [6, 6.07) is 14.9. The Bertz CT molecular complexity index is 1350. The van der Waals surface area contributed by atoms with Gasteiger partial charge in [-0.3, -0.25) is 9.69 Å². The largest absolute Gasteiger partial charge is 0.369 e. The molecule has 1 aliphatic carbocycles. The maximum atomic E-state index is 13.6. The molecule has 2 aliphatic heterocycles. The fourth-order valence-corrected chi connectivity index (χ4v) is 6.39. The number of H-pyrrole nitrogens is 1. The van der Waals surface area contributed by atoms with Crippen LogP contribution in [0.15, 0.2) is 36.4 Å². The summed E-state index contributed by atoms with van der Waals surface area (Å²) in [4.78, 5) is 24.7. The van der Waals surface area contributed by atoms with E-state index in [1.165, 1.54) is 31.6 Å². The van der Waals surface area contributed by atoms with Crippen molar-refractivity contribution in [2.75, 3.05) is 51.2 Å². The Morgan fingerprint density at radius 3 is 2.46 bits per heavy atom. The van der Waals surface area contributed by atoms with Crippen molar-refractivity contribution in [2.45, 2.75) is 38.1 Å². The molecular formula is C29H33N5O. The summed E-state index contributed by atoms with van der Waals surface area (Å²) in [5.41, 5.74) is 5.90. The number of anilines is 1. The van der Waals surface area contributed by atoms with Crippen molar-refractivity contribution in [2.24, 2.45) is 0 Å². The van der Waals surface area contributed by atoms with Crippen LogP contribution >= 0.6 is 0 Å². The van der Waals surface area contributed by atoms with E-state index in [9.17, 15) is 10.1 Å². The molecule has 180 valence electrons. The number of ketones is 1. The number of likely N-dealkylation sites (tertiary alicyclic amines) is 1. The second-order valence-corrected chi connectivity index (χ2v) is 11.0. The van der Waals surface area contributed by atoms with Gasteiger partial charge in [0.2, 0.25) is 0 Å². The molecule has 1 aromatic heterocycles. The number of piperazine rings is 1. The minimum atomic E-state index is -0.337. The Balaban J connectivity index is 1.28. The highest BCUT2D eigenvalue weighted by atomic mass is 16.1. The summed E-state index contributed by atoms with van der Waals surface area (Å²) in [7, 11) is 2.22. The molecule has 2 aromatic carbocycles. The summed E-state index contributed by atoms with van der Waals surface area (Å²) in [5, 5.41) is 10.2. The van der Waals surface area contributed by atoms with Crippen molar-refractivity contribution >= 4 is 22.4 Å². The van der Waals surface area contributed by atoms with Crippen LogP contribution in [0.4, 0.5) is 5.69 Å². The van der Waals surface area contributed by atoms with Crippen molar-refractivity contribution in [3.63, 3.8) is 0 Å². The van der Waals surface area contributed by atoms with E-state index < -0.39 is 0 Å². The zero-order valence-electron chi connectivity index (χ0n) is 20.9. The molecule has 2 saturated heterocycles. The lowest BCUT2D eigenvalue weighted by atomic mass is 9.71. The van der Waals surface area contributed by atoms with Gasteiger partial charge in [-0.05, 0) is 68.9 Å². The van der Waals surface area contributed by atoms with Crippen molar-refractivity contribution in [3.05, 3.63) is 64.3 Å². The number of carbonyl (C=O) groups excluding carboxylic acids is 1. The summed E-state index contributed by atoms with van der Waals surface area (Å²) >= 11 is 0. The number of rotatable bonds is 2. The van der Waals surface area contributed by atoms with Crippen LogP contribution in [-0.4, -0.2) is 72.9 Å². The number of nitrogens with one attached hydrogen (secondary N) is 1. The highest BCUT2D eigenvalue weighted by molar-refractivity contribution is 6.20. The average molecular weight is 468 g/mol. The van der Waals surface area contributed by atoms with Gasteiger partial charge in [-0.1, -0.05) is 19.9 Å². The molecule has 0 atom stereocenters. The predicted molar refractivity (Wildman–Crippen MR) is 139 cm³/mol. The first-order chi connectivity index (χ1) is 16.9. The van der Waals surface area contributed by atoms with E-state index in [-0.39, 0.29) is 11.2 Å². The number of hydrogen-bond acceptors (Lipinski definition) is 5. The van der Waals surface area contributed by atoms with Crippen LogP contribution in [0.3, 0.4) is 0 Å². The fourth-order valence-electron chi connectivity index (χ4n) is 6.39. The number of nitriles is 1. The fraction of sp³-hybridized carbons (Fsp3) is 0.448. The Kier molecular flexibility index (Phi) is 5.24. The molecule has 0 spiro atoms. The molecule has 0 unspecified atom stereocenters. The van der Waals surface area contributed by atoms with E-state index in [1.807, 2.05) is 18.2 Å². The van der Waals surface area contributed by atoms with Crippen molar-refractivity contribution < 1.29 is 4.79 Å². The van der Waals surface area contributed by atoms with Crippen LogP contribution in [0.25, 0.3) is 10.9 Å². The van der Waals surface area contributed by atoms with E-state index in [0.717, 1.165) is 65.5 Å². The Morgan fingerprint density at radius 1 is 1.00 bits per heavy atom. The van der Waals surface area contributed by atoms with E-state index in [1.54, 1.807) is 6.07 Å². The Hall–Kier alpha value is -3.14. The van der Waals surface area contributed by atoms with Gasteiger partial charge >= 0.3 is 0 Å². The Morgan fingerprint density at radius 2 is 1.74 bits per heavy atom. The van der Waals surface area contributed by atoms with Gasteiger partial charge < -0.3 is 14.8 Å². The number of fused-ring (bicyclic) bond motifs is 4. The third-order valence-corrected chi connectivity index (χ3v) is 8.58. The molecule has 0 amide bonds. The second-order valence-electron chi connectivity index (χ2n) is 11.0. The maximum Gasteiger partial charge on any atom is 0.195 e. The number of benzene rings is 2. The highest BCUT2D eigenvalue weighted by Gasteiger charge is 2.40. The quantitative estimate of drug-likeness (QED) is 0.614. The van der Waals surface area contributed by atoms with E-state index in [4.69, 9.17) is 0 Å². The van der Waals surface area contributed by atoms with Crippen molar-refractivity contribution in [1.29, 1.82) is 5.26 Å². The van der Waals surface area contributed by atoms with Crippen LogP contribution < -0.4 is 4.90 Å². The molecule has 0 radical (unpaired) electrons. The van der Waals surface area contributed by atoms with Crippen molar-refractivity contribution in [3.8, 4) is 6.07 Å². The van der Waals surface area contributed by atoms with Gasteiger partial charge in [-0.25, -0.2) is 0 Å². The van der Waals surface area contributed by atoms with Gasteiger partial charge in [-0.15, -0.1) is 0 Å². The molecule has 3 aliphatic rings. The van der Waals surface area contributed by atoms with E-state index >= 15 is 0 Å². The topological polar surface area (TPSA) is 66.4 Å². The summed E-state index contributed by atoms with van der Waals surface area (Å²) in [6.07, 6.45) is 2.54. The minimum Gasteiger partial charge on any atom is -0.369 e. The number of piperidine rings is 1. The number of nitrogens with zero attached hydrogens (tertiary/aromatic N) is 4. The van der Waals surface area contributed by atoms with Crippen LogP contribution in [-0.2, 0) is 5.41 Å². The van der Waals surface area contributed by atoms with Gasteiger partial charge in [0.05, 0.1) is 17.2 Å². The lowest BCUT2D eigenvalue weighted by Crippen LogP contribution is -2.53. The van der Waals surface area contributed by atoms with Gasteiger partial charge in [0.1, 0.15) is 0 Å². The number of aromatic amines is 1. The molecule has 6 rings (SSSR count). The first kappa shape index (κ1) is 22.3. The summed E-state index contributed by atoms with van der Waals surface area (Å²) < 4.78 is 0. The standard InChI is InChI=1S/C29H33N5O/c1-29(2)24-17-21(34-14-12-33(13-15-34)20-8-10-32(3)11-9-20)5-7-22(24)27(35)26-23-6-4-19(18-30)16-25(23)31-28(26)29/h4-7,16-17,20,31H,8-15H2,1-3H3. The normalized spacial score (nSPS) is 21.1. The van der Waals surface area contributed by atoms with E-state index in [0.29, 0.717) is 5.56 Å². The van der Waals surface area contributed by atoms with Gasteiger partial charge in [0, 0.05) is 65.5 Å². The lowest BCUT2D eigenvalue weighted by molar-refractivity contribution is 0.103. The molecule has 1 N–H and O–H groups in total. The molecule has 6 heteroatoms. The van der Waals surface area contributed by atoms with Crippen LogP contribution in [0.5, 0.6) is 0 Å². The third-order valence-electron chi connectivity index (χ3n) is 8.58. The molecule has 3 aromatic rings. The molecule has 3 heterocycles. The van der Waals surface area contributed by atoms with E-state index in [2.05, 4.69) is 58.8 Å². The first-order valence-electron chi connectivity index (χ1n) is 12.8. The molecule has 6 nitrogen and oxygen atoms in total. The molecule has 0 bridgehead atoms. The Labute approximate surface area is 207 Å². The van der Waals surface area contributed by atoms with Gasteiger partial charge in [-0.2, -0.15) is 5.26 Å². The average Bonchev–Trinajstić information content (AvgIpc) is 3.28. The maximum absolute atomic E-state index is 13.6. The van der Waals surface area contributed by atoms with Crippen LogP contribution in [0.1, 0.15) is 59.4 Å². The monoisotopic (exact) mass is 467 g/mol. The zero-order chi connectivity index (χ0) is 24.3. The molecular weight excluding hydrogens is 434 g/mol. The number of aromatic nitrogens is 1. The van der Waals surface area contributed by atoms with Crippen LogP contribution in [0, 0.1) is 11.3 Å². The highest BCUT2D eigenvalue weighted by Crippen LogP contribution is 2.44. The third kappa shape index (κ3) is 3.57. The first-order valence-corrected chi connectivity index (χ1v) is 12.8. The smallest absolute Gasteiger partial charge is 0.195 e. The molecule has 2 fully saturated rings. The van der Waals surface area contributed by atoms with Gasteiger partial charge in [0.15, 0.2) is 5.78 Å². The molecule has 0 saturated carbocycles. The zero-order valence-corrected chi connectivity index (χ0v) is 20.9. The predicted octanol–water partition coefficient (Wildman–Crippen LogP) is 4.13. The summed E-state index contributed by atoms with van der Waals surface area (Å²) in [5.74, 6) is 0.0731. The summed E-state index contributed by atoms with van der Waals surface area (Å²) in [6.45, 7) is 11.0. The molecule has 35 heavy (non-hydrogen) atoms. The second kappa shape index (κ2) is 8.22. The lowest BCUT2D eigenvalue weighted by Gasteiger charge is -2.43. The van der Waals surface area contributed by atoms with Crippen LogP contribution in [0.2, 0.25) is 0 Å².